The maximum Gasteiger partial charge on any atom is 0.326 e. The fraction of sp³-hybridized carbons (Fsp3) is 0.429. The molecule has 1 unspecified atom stereocenters. The first-order valence-electron chi connectivity index (χ1n) is 6.24. The van der Waals surface area contributed by atoms with Crippen LogP contribution in [0.1, 0.15) is 30.6 Å². The van der Waals surface area contributed by atoms with Crippen molar-refractivity contribution in [2.45, 2.75) is 26.3 Å². The molecular formula is C14H19NO4. The Hall–Kier alpha value is -2.04. The van der Waals surface area contributed by atoms with E-state index in [-0.39, 0.29) is 5.91 Å². The first-order chi connectivity index (χ1) is 9.01. The smallest absolute Gasteiger partial charge is 0.326 e. The van der Waals surface area contributed by atoms with Gasteiger partial charge in [0.25, 0.3) is 5.91 Å². The van der Waals surface area contributed by atoms with Crippen molar-refractivity contribution in [3.63, 3.8) is 0 Å². The minimum absolute atomic E-state index is 0.308. The van der Waals surface area contributed by atoms with Crippen LogP contribution >= 0.6 is 0 Å². The summed E-state index contributed by atoms with van der Waals surface area (Å²) in [6.45, 7) is 4.18. The number of amides is 1. The van der Waals surface area contributed by atoms with Gasteiger partial charge in [-0.05, 0) is 37.6 Å². The molecule has 5 heteroatoms. The first-order valence-corrected chi connectivity index (χ1v) is 6.24. The zero-order chi connectivity index (χ0) is 14.4. The van der Waals surface area contributed by atoms with Crippen LogP contribution < -0.4 is 4.74 Å². The Kier molecular flexibility index (Phi) is 5.36. The van der Waals surface area contributed by atoms with E-state index in [0.29, 0.717) is 24.3 Å². The largest absolute Gasteiger partial charge is 0.494 e. The van der Waals surface area contributed by atoms with Gasteiger partial charge in [0.15, 0.2) is 0 Å². The van der Waals surface area contributed by atoms with Gasteiger partial charge in [-0.15, -0.1) is 0 Å². The summed E-state index contributed by atoms with van der Waals surface area (Å²) in [5.74, 6) is -0.617. The maximum atomic E-state index is 12.1. The quantitative estimate of drug-likeness (QED) is 0.854. The molecule has 0 spiro atoms. The zero-order valence-corrected chi connectivity index (χ0v) is 11.4. The molecule has 0 aliphatic carbocycles. The van der Waals surface area contributed by atoms with Gasteiger partial charge in [-0.1, -0.05) is 6.92 Å². The van der Waals surface area contributed by atoms with E-state index in [9.17, 15) is 9.59 Å². The van der Waals surface area contributed by atoms with Crippen LogP contribution in [0.25, 0.3) is 0 Å². The molecule has 0 bridgehead atoms. The van der Waals surface area contributed by atoms with Gasteiger partial charge >= 0.3 is 5.97 Å². The van der Waals surface area contributed by atoms with Gasteiger partial charge in [-0.25, -0.2) is 4.79 Å². The van der Waals surface area contributed by atoms with Crippen LogP contribution in [0.15, 0.2) is 24.3 Å². The minimum Gasteiger partial charge on any atom is -0.494 e. The molecule has 19 heavy (non-hydrogen) atoms. The number of carbonyl (C=O) groups excluding carboxylic acids is 1. The summed E-state index contributed by atoms with van der Waals surface area (Å²) in [7, 11) is 1.50. The Labute approximate surface area is 112 Å². The Morgan fingerprint density at radius 3 is 2.26 bits per heavy atom. The Balaban J connectivity index is 2.84. The van der Waals surface area contributed by atoms with E-state index >= 15 is 0 Å². The van der Waals surface area contributed by atoms with Gasteiger partial charge in [0.1, 0.15) is 11.8 Å². The van der Waals surface area contributed by atoms with Gasteiger partial charge in [-0.2, -0.15) is 0 Å². The van der Waals surface area contributed by atoms with Crippen molar-refractivity contribution < 1.29 is 19.4 Å². The van der Waals surface area contributed by atoms with Crippen molar-refractivity contribution in [3.05, 3.63) is 29.8 Å². The highest BCUT2D eigenvalue weighted by Gasteiger charge is 2.25. The van der Waals surface area contributed by atoms with Crippen LogP contribution in [0.4, 0.5) is 0 Å². The summed E-state index contributed by atoms with van der Waals surface area (Å²) in [5, 5.41) is 9.04. The predicted octanol–water partition coefficient (Wildman–Crippen LogP) is 2.02. The van der Waals surface area contributed by atoms with Crippen molar-refractivity contribution in [2.75, 3.05) is 13.7 Å². The average molecular weight is 265 g/mol. The van der Waals surface area contributed by atoms with Crippen LogP contribution in [0.2, 0.25) is 0 Å². The Morgan fingerprint density at radius 1 is 1.26 bits per heavy atom. The van der Waals surface area contributed by atoms with E-state index < -0.39 is 12.0 Å². The summed E-state index contributed by atoms with van der Waals surface area (Å²) in [5.41, 5.74) is 0.450. The third kappa shape index (κ3) is 3.71. The van der Waals surface area contributed by atoms with Crippen LogP contribution in [0, 0.1) is 0 Å². The number of carboxylic acid groups (broad SMARTS) is 1. The number of aliphatic carboxylic acids is 1. The average Bonchev–Trinajstić information content (AvgIpc) is 2.39. The molecule has 0 fully saturated rings. The second kappa shape index (κ2) is 6.78. The topological polar surface area (TPSA) is 66.8 Å². The molecule has 0 saturated heterocycles. The fourth-order valence-corrected chi connectivity index (χ4v) is 1.82. The molecule has 0 saturated carbocycles. The van der Waals surface area contributed by atoms with Gasteiger partial charge in [0.05, 0.1) is 6.61 Å². The lowest BCUT2D eigenvalue weighted by molar-refractivity contribution is -0.142. The molecule has 0 aliphatic heterocycles. The number of nitrogens with zero attached hydrogens (tertiary/aromatic N) is 1. The van der Waals surface area contributed by atoms with Crippen molar-refractivity contribution in [1.29, 1.82) is 0 Å². The number of ether oxygens (including phenoxy) is 1. The second-order valence-corrected chi connectivity index (χ2v) is 4.14. The maximum absolute atomic E-state index is 12.1. The Bertz CT molecular complexity index is 441. The van der Waals surface area contributed by atoms with Gasteiger partial charge in [0, 0.05) is 12.6 Å². The van der Waals surface area contributed by atoms with Crippen LogP contribution in [0.3, 0.4) is 0 Å². The highest BCUT2D eigenvalue weighted by Crippen LogP contribution is 2.15. The molecule has 5 nitrogen and oxygen atoms in total. The lowest BCUT2D eigenvalue weighted by atomic mass is 10.1. The molecular weight excluding hydrogens is 246 g/mol. The highest BCUT2D eigenvalue weighted by molar-refractivity contribution is 5.96. The minimum atomic E-state index is -0.996. The van der Waals surface area contributed by atoms with Crippen molar-refractivity contribution in [2.24, 2.45) is 0 Å². The lowest BCUT2D eigenvalue weighted by Crippen LogP contribution is -2.41. The molecule has 1 aromatic rings. The van der Waals surface area contributed by atoms with Crippen molar-refractivity contribution in [3.8, 4) is 5.75 Å². The van der Waals surface area contributed by atoms with E-state index in [1.54, 1.807) is 31.2 Å². The highest BCUT2D eigenvalue weighted by atomic mass is 16.5. The van der Waals surface area contributed by atoms with E-state index in [4.69, 9.17) is 9.84 Å². The molecule has 0 aromatic heterocycles. The molecule has 1 N–H and O–H groups in total. The van der Waals surface area contributed by atoms with E-state index in [1.807, 2.05) is 6.92 Å². The zero-order valence-electron chi connectivity index (χ0n) is 11.4. The standard InChI is InChI=1S/C14H19NO4/c1-4-12(14(17)18)15(3)13(16)10-6-8-11(9-7-10)19-5-2/h6-9,12H,4-5H2,1-3H3,(H,17,18). The summed E-state index contributed by atoms with van der Waals surface area (Å²) >= 11 is 0. The SMILES string of the molecule is CCOc1ccc(C(=O)N(C)C(CC)C(=O)O)cc1. The van der Waals surface area contributed by atoms with Crippen molar-refractivity contribution in [1.82, 2.24) is 4.90 Å². The van der Waals surface area contributed by atoms with Crippen molar-refractivity contribution >= 4 is 11.9 Å². The molecule has 1 amide bonds. The number of carbonyl (C=O) groups is 2. The normalized spacial score (nSPS) is 11.7. The number of hydrogen-bond acceptors (Lipinski definition) is 3. The van der Waals surface area contributed by atoms with Crippen LogP contribution in [-0.2, 0) is 4.79 Å². The van der Waals surface area contributed by atoms with Crippen LogP contribution in [-0.4, -0.2) is 41.6 Å². The number of hydrogen-bond donors (Lipinski definition) is 1. The number of rotatable bonds is 6. The third-order valence-corrected chi connectivity index (χ3v) is 2.87. The van der Waals surface area contributed by atoms with E-state index in [1.165, 1.54) is 11.9 Å². The van der Waals surface area contributed by atoms with Gasteiger partial charge < -0.3 is 14.7 Å². The summed E-state index contributed by atoms with van der Waals surface area (Å²) in [4.78, 5) is 24.4. The molecule has 1 aromatic carbocycles. The molecule has 1 atom stereocenters. The molecule has 0 aliphatic rings. The number of benzene rings is 1. The molecule has 0 heterocycles. The fourth-order valence-electron chi connectivity index (χ4n) is 1.82. The van der Waals surface area contributed by atoms with Gasteiger partial charge in [0.2, 0.25) is 0 Å². The molecule has 104 valence electrons. The number of carboxylic acids is 1. The molecule has 1 rings (SSSR count). The van der Waals surface area contributed by atoms with Crippen LogP contribution in [0.5, 0.6) is 5.75 Å². The lowest BCUT2D eigenvalue weighted by Gasteiger charge is -2.23. The monoisotopic (exact) mass is 265 g/mol. The second-order valence-electron chi connectivity index (χ2n) is 4.14. The first kappa shape index (κ1) is 15.0. The summed E-state index contributed by atoms with van der Waals surface area (Å²) in [6.07, 6.45) is 0.370. The molecule has 0 radical (unpaired) electrons. The van der Waals surface area contributed by atoms with E-state index in [0.717, 1.165) is 0 Å². The predicted molar refractivity (Wildman–Crippen MR) is 71.4 cm³/mol. The third-order valence-electron chi connectivity index (χ3n) is 2.87. The summed E-state index contributed by atoms with van der Waals surface area (Å²) in [6, 6.07) is 5.87. The number of likely N-dealkylation sites (N-methyl/N-ethyl adjacent to an activating group) is 1. The van der Waals surface area contributed by atoms with Gasteiger partial charge in [-0.3, -0.25) is 4.79 Å². The Morgan fingerprint density at radius 2 is 1.84 bits per heavy atom. The van der Waals surface area contributed by atoms with E-state index in [2.05, 4.69) is 0 Å². The summed E-state index contributed by atoms with van der Waals surface area (Å²) < 4.78 is 5.29.